The number of nitrogens with zero attached hydrogens (tertiary/aromatic N) is 2. The molecule has 2 aromatic heterocycles. The molecule has 0 saturated carbocycles. The van der Waals surface area contributed by atoms with E-state index in [1.54, 1.807) is 45.7 Å². The number of fused-ring (bicyclic) bond motifs is 1. The second-order valence-corrected chi connectivity index (χ2v) is 17.3. The van der Waals surface area contributed by atoms with Crippen LogP contribution in [0.2, 0.25) is 0 Å². The van der Waals surface area contributed by atoms with Gasteiger partial charge in [0, 0.05) is 55.0 Å². The van der Waals surface area contributed by atoms with Crippen molar-refractivity contribution in [3.05, 3.63) is 126 Å². The fourth-order valence-corrected chi connectivity index (χ4v) is 7.45. The molecular weight excluding hydrogens is 775 g/mol. The molecule has 0 unspecified atom stereocenters. The number of aromatic nitrogens is 3. The van der Waals surface area contributed by atoms with E-state index in [2.05, 4.69) is 25.9 Å². The number of likely N-dealkylation sites (tertiary alicyclic amines) is 1. The second kappa shape index (κ2) is 19.5. The number of carbonyl (C=O) groups is 4. The topological polar surface area (TPSA) is 191 Å². The number of benzene rings is 3. The summed E-state index contributed by atoms with van der Waals surface area (Å²) in [5, 5.41) is 21.3. The fraction of sp³-hybridized carbons (Fsp3) is 0.426. The Morgan fingerprint density at radius 3 is 2.26 bits per heavy atom. The van der Waals surface area contributed by atoms with Gasteiger partial charge in [0.05, 0.1) is 17.1 Å². The number of aliphatic hydroxyl groups is 1. The van der Waals surface area contributed by atoms with Crippen LogP contribution >= 0.6 is 0 Å². The maximum atomic E-state index is 14.1. The van der Waals surface area contributed by atoms with Crippen LogP contribution in [-0.4, -0.2) is 80.2 Å². The van der Waals surface area contributed by atoms with Gasteiger partial charge in [-0.25, -0.2) is 19.4 Å². The number of imidazole rings is 1. The highest BCUT2D eigenvalue weighted by atomic mass is 16.6. The van der Waals surface area contributed by atoms with Crippen LogP contribution in [0, 0.1) is 0 Å². The van der Waals surface area contributed by atoms with E-state index in [0.29, 0.717) is 63.3 Å². The first kappa shape index (κ1) is 44.4. The van der Waals surface area contributed by atoms with Crippen LogP contribution in [0.3, 0.4) is 0 Å². The van der Waals surface area contributed by atoms with Crippen molar-refractivity contribution in [2.45, 2.75) is 108 Å². The molecule has 3 aromatic carbocycles. The molecule has 14 nitrogen and oxygen atoms in total. The SMILES string of the molecule is CC(C)(C)OC(=O)[C@@H](CCCCNC(=O)OCc1ccccc1)NC(=O)C(C)(C)c1cnc([C@@H](Cc2c[nH]c3ccccc23)NC(=O)N2CCC(O)(c3ccccc3)CC2)[nH]1. The lowest BCUT2D eigenvalue weighted by Crippen LogP contribution is -2.50. The molecule has 6 rings (SSSR count). The predicted octanol–water partition coefficient (Wildman–Crippen LogP) is 7.07. The maximum Gasteiger partial charge on any atom is 0.407 e. The molecular formula is C47H59N7O7. The number of carbonyl (C=O) groups excluding carboxylic acids is 4. The largest absolute Gasteiger partial charge is 0.458 e. The van der Waals surface area contributed by atoms with E-state index in [4.69, 9.17) is 14.5 Å². The molecule has 14 heteroatoms. The Morgan fingerprint density at radius 1 is 0.885 bits per heavy atom. The minimum atomic E-state index is -1.18. The Bertz CT molecular complexity index is 2240. The Balaban J connectivity index is 1.11. The molecule has 0 radical (unpaired) electrons. The minimum absolute atomic E-state index is 0.159. The van der Waals surface area contributed by atoms with Crippen molar-refractivity contribution in [1.29, 1.82) is 0 Å². The van der Waals surface area contributed by atoms with Gasteiger partial charge in [-0.2, -0.15) is 0 Å². The Kier molecular flexibility index (Phi) is 14.2. The highest BCUT2D eigenvalue weighted by molar-refractivity contribution is 5.91. The van der Waals surface area contributed by atoms with Gasteiger partial charge in [-0.05, 0) is 89.5 Å². The minimum Gasteiger partial charge on any atom is -0.458 e. The van der Waals surface area contributed by atoms with E-state index in [-0.39, 0.29) is 19.1 Å². The summed E-state index contributed by atoms with van der Waals surface area (Å²) >= 11 is 0. The van der Waals surface area contributed by atoms with E-state index < -0.39 is 46.7 Å². The lowest BCUT2D eigenvalue weighted by molar-refractivity contribution is -0.159. The maximum absolute atomic E-state index is 14.1. The molecule has 1 fully saturated rings. The van der Waals surface area contributed by atoms with E-state index in [9.17, 15) is 24.3 Å². The van der Waals surface area contributed by atoms with E-state index in [1.165, 1.54) is 0 Å². The van der Waals surface area contributed by atoms with Gasteiger partial charge in [0.2, 0.25) is 5.91 Å². The van der Waals surface area contributed by atoms with Crippen LogP contribution in [0.4, 0.5) is 9.59 Å². The normalized spacial score (nSPS) is 15.1. The first-order valence-electron chi connectivity index (χ1n) is 21.0. The van der Waals surface area contributed by atoms with Crippen LogP contribution in [0.5, 0.6) is 0 Å². The number of alkyl carbamates (subject to hydrolysis) is 1. The van der Waals surface area contributed by atoms with Gasteiger partial charge in [-0.1, -0.05) is 78.9 Å². The predicted molar refractivity (Wildman–Crippen MR) is 232 cm³/mol. The van der Waals surface area contributed by atoms with Crippen LogP contribution in [0.1, 0.15) is 101 Å². The molecule has 2 atom stereocenters. The molecule has 324 valence electrons. The zero-order valence-electron chi connectivity index (χ0n) is 35.8. The van der Waals surface area contributed by atoms with Crippen molar-refractivity contribution in [2.24, 2.45) is 0 Å². The first-order valence-corrected chi connectivity index (χ1v) is 21.0. The molecule has 6 N–H and O–H groups in total. The zero-order valence-corrected chi connectivity index (χ0v) is 35.8. The number of para-hydroxylation sites is 1. The summed E-state index contributed by atoms with van der Waals surface area (Å²) in [5.74, 6) is -0.512. The van der Waals surface area contributed by atoms with Gasteiger partial charge in [-0.15, -0.1) is 0 Å². The number of unbranched alkanes of at least 4 members (excludes halogenated alkanes) is 1. The monoisotopic (exact) mass is 833 g/mol. The third kappa shape index (κ3) is 11.8. The summed E-state index contributed by atoms with van der Waals surface area (Å²) in [4.78, 5) is 66.7. The van der Waals surface area contributed by atoms with Gasteiger partial charge < -0.3 is 45.4 Å². The summed E-state index contributed by atoms with van der Waals surface area (Å²) in [6.07, 6.45) is 5.51. The molecule has 0 aliphatic carbocycles. The average molecular weight is 834 g/mol. The number of rotatable bonds is 16. The summed E-state index contributed by atoms with van der Waals surface area (Å²) in [6.45, 7) is 10.0. The highest BCUT2D eigenvalue weighted by Crippen LogP contribution is 2.33. The lowest BCUT2D eigenvalue weighted by atomic mass is 9.84. The number of hydrogen-bond acceptors (Lipinski definition) is 8. The van der Waals surface area contributed by atoms with Gasteiger partial charge >= 0.3 is 18.1 Å². The van der Waals surface area contributed by atoms with Crippen molar-refractivity contribution in [2.75, 3.05) is 19.6 Å². The number of esters is 1. The van der Waals surface area contributed by atoms with E-state index >= 15 is 0 Å². The lowest BCUT2D eigenvalue weighted by Gasteiger charge is -2.39. The Hall–Kier alpha value is -6.15. The highest BCUT2D eigenvalue weighted by Gasteiger charge is 2.38. The first-order chi connectivity index (χ1) is 29.1. The van der Waals surface area contributed by atoms with Gasteiger partial charge in [0.15, 0.2) is 0 Å². The number of piperidine rings is 1. The van der Waals surface area contributed by atoms with Gasteiger partial charge in [-0.3, -0.25) is 4.79 Å². The molecule has 0 bridgehead atoms. The molecule has 61 heavy (non-hydrogen) atoms. The third-order valence-electron chi connectivity index (χ3n) is 11.2. The number of ether oxygens (including phenoxy) is 2. The number of H-pyrrole nitrogens is 2. The standard InChI is InChI=1S/C47H59N7O7/c1-45(2,3)61-41(55)37(22-14-15-25-48-44(58)60-31-32-16-8-6-9-17-32)51-42(56)46(4,5)39-30-50-40(53-39)38(28-33-29-49-36-21-13-12-20-35(33)36)52-43(57)54-26-23-47(59,24-27-54)34-18-10-7-11-19-34/h6-13,16-21,29-30,37-38,49,59H,14-15,22-28,31H2,1-5H3,(H,48,58)(H,50,53)(H,51,56)(H,52,57)/t37-,38-/m1/s1. The van der Waals surface area contributed by atoms with Crippen molar-refractivity contribution < 1.29 is 33.8 Å². The number of aromatic amines is 2. The number of hydrogen-bond donors (Lipinski definition) is 6. The molecule has 1 saturated heterocycles. The average Bonchev–Trinajstić information content (AvgIpc) is 3.91. The molecule has 1 aliphatic rings. The van der Waals surface area contributed by atoms with E-state index in [1.807, 2.05) is 91.1 Å². The van der Waals surface area contributed by atoms with Crippen LogP contribution in [-0.2, 0) is 43.1 Å². The molecule has 4 amide bonds. The zero-order chi connectivity index (χ0) is 43.6. The fourth-order valence-electron chi connectivity index (χ4n) is 7.45. The smallest absolute Gasteiger partial charge is 0.407 e. The van der Waals surface area contributed by atoms with Crippen molar-refractivity contribution >= 4 is 34.9 Å². The second-order valence-electron chi connectivity index (χ2n) is 17.3. The Labute approximate surface area is 357 Å². The van der Waals surface area contributed by atoms with Crippen LogP contribution < -0.4 is 16.0 Å². The van der Waals surface area contributed by atoms with Crippen LogP contribution in [0.25, 0.3) is 10.9 Å². The number of nitrogens with one attached hydrogen (secondary N) is 5. The van der Waals surface area contributed by atoms with Gasteiger partial charge in [0.25, 0.3) is 0 Å². The van der Waals surface area contributed by atoms with Crippen molar-refractivity contribution in [3.63, 3.8) is 0 Å². The summed E-state index contributed by atoms with van der Waals surface area (Å²) < 4.78 is 11.0. The summed E-state index contributed by atoms with van der Waals surface area (Å²) in [7, 11) is 0. The van der Waals surface area contributed by atoms with Gasteiger partial charge in [0.1, 0.15) is 24.1 Å². The van der Waals surface area contributed by atoms with Crippen molar-refractivity contribution in [1.82, 2.24) is 35.8 Å². The molecule has 1 aliphatic heterocycles. The van der Waals surface area contributed by atoms with E-state index in [0.717, 1.165) is 27.6 Å². The molecule has 5 aromatic rings. The van der Waals surface area contributed by atoms with Crippen molar-refractivity contribution in [3.8, 4) is 0 Å². The molecule has 0 spiro atoms. The molecule has 3 heterocycles. The summed E-state index contributed by atoms with van der Waals surface area (Å²) in [5.41, 5.74) is 1.19. The summed E-state index contributed by atoms with van der Waals surface area (Å²) in [6, 6.07) is 25.0. The third-order valence-corrected chi connectivity index (χ3v) is 11.2. The Morgan fingerprint density at radius 2 is 1.56 bits per heavy atom. The number of urea groups is 1. The quantitative estimate of drug-likeness (QED) is 0.0450. The number of amides is 4. The van der Waals surface area contributed by atoms with Crippen LogP contribution in [0.15, 0.2) is 97.3 Å².